The number of amides is 1. The summed E-state index contributed by atoms with van der Waals surface area (Å²) in [5.41, 5.74) is 3.43. The SMILES string of the molecule is O=C(Nc1ccc2nn(-c3cccc(Cl)c3)nc2c1)c1cc(Br)ccc1I. The number of nitrogens with one attached hydrogen (secondary N) is 1. The van der Waals surface area contributed by atoms with E-state index in [0.717, 1.165) is 19.2 Å². The van der Waals surface area contributed by atoms with Crippen molar-refractivity contribution in [1.29, 1.82) is 0 Å². The molecule has 0 radical (unpaired) electrons. The van der Waals surface area contributed by atoms with Gasteiger partial charge in [-0.2, -0.15) is 4.80 Å². The van der Waals surface area contributed by atoms with Gasteiger partial charge >= 0.3 is 0 Å². The minimum Gasteiger partial charge on any atom is -0.322 e. The normalized spacial score (nSPS) is 10.9. The Bertz CT molecular complexity index is 1180. The quantitative estimate of drug-likeness (QED) is 0.332. The summed E-state index contributed by atoms with van der Waals surface area (Å²) in [5, 5.41) is 12.5. The molecule has 8 heteroatoms. The second-order valence-electron chi connectivity index (χ2n) is 5.75. The van der Waals surface area contributed by atoms with Crippen molar-refractivity contribution in [3.8, 4) is 5.69 Å². The third kappa shape index (κ3) is 3.99. The van der Waals surface area contributed by atoms with E-state index in [2.05, 4.69) is 54.0 Å². The highest BCUT2D eigenvalue weighted by Crippen LogP contribution is 2.22. The van der Waals surface area contributed by atoms with Crippen LogP contribution >= 0.6 is 50.1 Å². The van der Waals surface area contributed by atoms with Gasteiger partial charge in [-0.1, -0.05) is 33.6 Å². The number of carbonyl (C=O) groups is 1. The van der Waals surface area contributed by atoms with E-state index in [1.807, 2.05) is 36.4 Å². The maximum Gasteiger partial charge on any atom is 0.256 e. The second-order valence-corrected chi connectivity index (χ2v) is 8.27. The van der Waals surface area contributed by atoms with Crippen LogP contribution in [0.25, 0.3) is 16.7 Å². The fourth-order valence-corrected chi connectivity index (χ4v) is 3.70. The fraction of sp³-hybridized carbons (Fsp3) is 0. The molecule has 3 aromatic carbocycles. The van der Waals surface area contributed by atoms with Gasteiger partial charge in [0.15, 0.2) is 0 Å². The Morgan fingerprint density at radius 3 is 2.67 bits per heavy atom. The van der Waals surface area contributed by atoms with Gasteiger partial charge in [0.2, 0.25) is 0 Å². The molecule has 0 fully saturated rings. The Morgan fingerprint density at radius 1 is 1.04 bits per heavy atom. The lowest BCUT2D eigenvalue weighted by molar-refractivity contribution is 0.102. The molecular weight excluding hydrogens is 542 g/mol. The number of nitrogens with zero attached hydrogens (tertiary/aromatic N) is 3. The number of hydrogen-bond acceptors (Lipinski definition) is 3. The Balaban J connectivity index is 1.64. The topological polar surface area (TPSA) is 59.8 Å². The number of benzene rings is 3. The first-order valence-corrected chi connectivity index (χ1v) is 10.1. The van der Waals surface area contributed by atoms with E-state index >= 15 is 0 Å². The fourth-order valence-electron chi connectivity index (χ4n) is 2.58. The number of hydrogen-bond donors (Lipinski definition) is 1. The van der Waals surface area contributed by atoms with E-state index in [9.17, 15) is 4.79 Å². The molecular formula is C19H11BrClIN4O. The first kappa shape index (κ1) is 18.4. The largest absolute Gasteiger partial charge is 0.322 e. The first-order chi connectivity index (χ1) is 13.0. The third-order valence-electron chi connectivity index (χ3n) is 3.85. The van der Waals surface area contributed by atoms with Gasteiger partial charge in [0.25, 0.3) is 5.91 Å². The van der Waals surface area contributed by atoms with Gasteiger partial charge in [-0.3, -0.25) is 4.79 Å². The Hall–Kier alpha value is -1.97. The highest BCUT2D eigenvalue weighted by molar-refractivity contribution is 14.1. The molecule has 0 aliphatic heterocycles. The highest BCUT2D eigenvalue weighted by Gasteiger charge is 2.12. The van der Waals surface area contributed by atoms with E-state index in [4.69, 9.17) is 11.6 Å². The minimum atomic E-state index is -0.178. The summed E-state index contributed by atoms with van der Waals surface area (Å²) in [6.07, 6.45) is 0. The van der Waals surface area contributed by atoms with Crippen LogP contribution in [-0.4, -0.2) is 20.9 Å². The van der Waals surface area contributed by atoms with Crippen LogP contribution in [0.2, 0.25) is 5.02 Å². The van der Waals surface area contributed by atoms with Crippen LogP contribution in [0.1, 0.15) is 10.4 Å². The molecule has 4 rings (SSSR count). The third-order valence-corrected chi connectivity index (χ3v) is 5.52. The number of carbonyl (C=O) groups excluding carboxylic acids is 1. The standard InChI is InChI=1S/C19H11BrClIN4O/c20-11-4-6-16(22)15(8-11)19(27)23-13-5-7-17-18(10-13)25-26(24-17)14-3-1-2-12(21)9-14/h1-10H,(H,23,27). The molecule has 5 nitrogen and oxygen atoms in total. The zero-order valence-electron chi connectivity index (χ0n) is 13.7. The van der Waals surface area contributed by atoms with E-state index < -0.39 is 0 Å². The molecule has 4 aromatic rings. The van der Waals surface area contributed by atoms with Crippen molar-refractivity contribution in [1.82, 2.24) is 15.0 Å². The van der Waals surface area contributed by atoms with Crippen molar-refractivity contribution in [3.63, 3.8) is 0 Å². The van der Waals surface area contributed by atoms with Gasteiger partial charge in [-0.15, -0.1) is 10.2 Å². The lowest BCUT2D eigenvalue weighted by atomic mass is 10.2. The molecule has 134 valence electrons. The van der Waals surface area contributed by atoms with Gasteiger partial charge < -0.3 is 5.32 Å². The van der Waals surface area contributed by atoms with Crippen molar-refractivity contribution in [3.05, 3.63) is 79.3 Å². The van der Waals surface area contributed by atoms with Crippen molar-refractivity contribution in [2.45, 2.75) is 0 Å². The Morgan fingerprint density at radius 2 is 1.85 bits per heavy atom. The lowest BCUT2D eigenvalue weighted by Crippen LogP contribution is -2.13. The number of halogens is 3. The molecule has 1 aromatic heterocycles. The van der Waals surface area contributed by atoms with E-state index in [1.165, 1.54) is 4.80 Å². The predicted molar refractivity (Wildman–Crippen MR) is 119 cm³/mol. The van der Waals surface area contributed by atoms with Gasteiger partial charge in [0.05, 0.1) is 11.3 Å². The summed E-state index contributed by atoms with van der Waals surface area (Å²) in [4.78, 5) is 14.1. The molecule has 0 saturated carbocycles. The lowest BCUT2D eigenvalue weighted by Gasteiger charge is -2.07. The van der Waals surface area contributed by atoms with Gasteiger partial charge in [0.1, 0.15) is 11.0 Å². The summed E-state index contributed by atoms with van der Waals surface area (Å²) in [7, 11) is 0. The molecule has 0 bridgehead atoms. The van der Waals surface area contributed by atoms with Crippen LogP contribution in [0, 0.1) is 3.57 Å². The molecule has 1 heterocycles. The van der Waals surface area contributed by atoms with Crippen LogP contribution in [0.4, 0.5) is 5.69 Å². The average Bonchev–Trinajstić information content (AvgIpc) is 3.07. The summed E-state index contributed by atoms with van der Waals surface area (Å²) in [6.45, 7) is 0. The van der Waals surface area contributed by atoms with Crippen molar-refractivity contribution >= 4 is 72.7 Å². The zero-order valence-corrected chi connectivity index (χ0v) is 18.2. The van der Waals surface area contributed by atoms with E-state index in [-0.39, 0.29) is 5.91 Å². The van der Waals surface area contributed by atoms with Crippen molar-refractivity contribution in [2.24, 2.45) is 0 Å². The predicted octanol–water partition coefficient (Wildman–Crippen LogP) is 5.69. The Kier molecular flexibility index (Phi) is 5.16. The first-order valence-electron chi connectivity index (χ1n) is 7.89. The van der Waals surface area contributed by atoms with Crippen LogP contribution < -0.4 is 5.32 Å². The number of fused-ring (bicyclic) bond motifs is 1. The monoisotopic (exact) mass is 552 g/mol. The number of rotatable bonds is 3. The summed E-state index contributed by atoms with van der Waals surface area (Å²) < 4.78 is 1.73. The second kappa shape index (κ2) is 7.57. The number of aromatic nitrogens is 3. The molecule has 0 aliphatic rings. The molecule has 0 saturated heterocycles. The van der Waals surface area contributed by atoms with Crippen molar-refractivity contribution < 1.29 is 4.79 Å². The molecule has 0 aliphatic carbocycles. The maximum atomic E-state index is 12.6. The van der Waals surface area contributed by atoms with E-state index in [1.54, 1.807) is 24.3 Å². The summed E-state index contributed by atoms with van der Waals surface area (Å²) in [6, 6.07) is 18.3. The molecule has 1 amide bonds. The Labute approximate surface area is 182 Å². The summed E-state index contributed by atoms with van der Waals surface area (Å²) >= 11 is 11.6. The van der Waals surface area contributed by atoms with Gasteiger partial charge in [-0.05, 0) is 77.2 Å². The minimum absolute atomic E-state index is 0.178. The van der Waals surface area contributed by atoms with Crippen molar-refractivity contribution in [2.75, 3.05) is 5.32 Å². The average molecular weight is 554 g/mol. The zero-order chi connectivity index (χ0) is 19.0. The molecule has 1 N–H and O–H groups in total. The van der Waals surface area contributed by atoms with Crippen LogP contribution in [-0.2, 0) is 0 Å². The molecule has 0 spiro atoms. The molecule has 0 atom stereocenters. The van der Waals surface area contributed by atoms with Crippen LogP contribution in [0.5, 0.6) is 0 Å². The maximum absolute atomic E-state index is 12.6. The van der Waals surface area contributed by atoms with Crippen LogP contribution in [0.3, 0.4) is 0 Å². The smallest absolute Gasteiger partial charge is 0.256 e. The highest BCUT2D eigenvalue weighted by atomic mass is 127. The number of anilines is 1. The van der Waals surface area contributed by atoms with Crippen LogP contribution in [0.15, 0.2) is 65.1 Å². The van der Waals surface area contributed by atoms with E-state index in [0.29, 0.717) is 21.8 Å². The van der Waals surface area contributed by atoms with Gasteiger partial charge in [0, 0.05) is 18.8 Å². The van der Waals surface area contributed by atoms with Gasteiger partial charge in [-0.25, -0.2) is 0 Å². The molecule has 0 unspecified atom stereocenters. The summed E-state index contributed by atoms with van der Waals surface area (Å²) in [5.74, 6) is -0.178. The molecule has 27 heavy (non-hydrogen) atoms.